The number of carboxylic acid groups (broad SMARTS) is 1. The van der Waals surface area contributed by atoms with Gasteiger partial charge >= 0.3 is 5.97 Å². The predicted octanol–water partition coefficient (Wildman–Crippen LogP) is 2.16. The zero-order chi connectivity index (χ0) is 10.6. The quantitative estimate of drug-likeness (QED) is 0.689. The van der Waals surface area contributed by atoms with Crippen molar-refractivity contribution in [1.82, 2.24) is 5.32 Å². The zero-order valence-corrected chi connectivity index (χ0v) is 9.18. The van der Waals surface area contributed by atoms with Gasteiger partial charge in [-0.1, -0.05) is 13.8 Å². The normalized spacial score (nSPS) is 19.4. The van der Waals surface area contributed by atoms with Crippen LogP contribution in [0.15, 0.2) is 0 Å². The third kappa shape index (κ3) is 2.71. The summed E-state index contributed by atoms with van der Waals surface area (Å²) >= 11 is 0. The van der Waals surface area contributed by atoms with E-state index in [0.29, 0.717) is 6.04 Å². The van der Waals surface area contributed by atoms with Crippen molar-refractivity contribution < 1.29 is 9.90 Å². The monoisotopic (exact) mass is 199 g/mol. The maximum atomic E-state index is 10.7. The van der Waals surface area contributed by atoms with Crippen molar-refractivity contribution in [3.8, 4) is 0 Å². The fraction of sp³-hybridized carbons (Fsp3) is 0.909. The fourth-order valence-corrected chi connectivity index (χ4v) is 2.19. The van der Waals surface area contributed by atoms with E-state index in [4.69, 9.17) is 5.11 Å². The van der Waals surface area contributed by atoms with Gasteiger partial charge in [-0.3, -0.25) is 4.79 Å². The number of hydrogen-bond acceptors (Lipinski definition) is 2. The molecule has 0 aromatic rings. The van der Waals surface area contributed by atoms with Gasteiger partial charge in [0.1, 0.15) is 0 Å². The Labute approximate surface area is 85.9 Å². The Hall–Kier alpha value is -0.570. The molecule has 1 saturated carbocycles. The van der Waals surface area contributed by atoms with Crippen LogP contribution in [0.4, 0.5) is 0 Å². The van der Waals surface area contributed by atoms with Gasteiger partial charge in [0.05, 0.1) is 6.42 Å². The highest BCUT2D eigenvalue weighted by molar-refractivity contribution is 5.68. The Morgan fingerprint density at radius 1 is 1.43 bits per heavy atom. The van der Waals surface area contributed by atoms with Crippen LogP contribution in [0.2, 0.25) is 0 Å². The molecule has 3 nitrogen and oxygen atoms in total. The van der Waals surface area contributed by atoms with Crippen molar-refractivity contribution in [3.05, 3.63) is 0 Å². The van der Waals surface area contributed by atoms with Crippen LogP contribution in [0.1, 0.15) is 52.4 Å². The minimum Gasteiger partial charge on any atom is -0.481 e. The standard InChI is InChI=1S/C11H21NO2/c1-3-9(4-2)12-11(6-5-7-11)8-10(13)14/h9,12H,3-8H2,1-2H3,(H,13,14). The number of hydrogen-bond donors (Lipinski definition) is 2. The first-order valence-electron chi connectivity index (χ1n) is 5.61. The Bertz CT molecular complexity index is 195. The molecule has 1 rings (SSSR count). The third-order valence-corrected chi connectivity index (χ3v) is 3.30. The summed E-state index contributed by atoms with van der Waals surface area (Å²) in [4.78, 5) is 10.7. The van der Waals surface area contributed by atoms with Gasteiger partial charge in [0.15, 0.2) is 0 Å². The summed E-state index contributed by atoms with van der Waals surface area (Å²) in [6, 6.07) is 0.481. The Balaban J connectivity index is 2.48. The minimum absolute atomic E-state index is 0.0808. The van der Waals surface area contributed by atoms with Gasteiger partial charge in [-0.2, -0.15) is 0 Å². The van der Waals surface area contributed by atoms with Crippen LogP contribution in [0.5, 0.6) is 0 Å². The molecule has 82 valence electrons. The predicted molar refractivity (Wildman–Crippen MR) is 56.3 cm³/mol. The van der Waals surface area contributed by atoms with E-state index in [9.17, 15) is 4.79 Å². The van der Waals surface area contributed by atoms with Crippen molar-refractivity contribution in [3.63, 3.8) is 0 Å². The average molecular weight is 199 g/mol. The van der Waals surface area contributed by atoms with E-state index in [1.165, 1.54) is 6.42 Å². The number of aliphatic carboxylic acids is 1. The van der Waals surface area contributed by atoms with Gasteiger partial charge in [0.25, 0.3) is 0 Å². The second-order valence-electron chi connectivity index (χ2n) is 4.36. The largest absolute Gasteiger partial charge is 0.481 e. The lowest BCUT2D eigenvalue weighted by molar-refractivity contribution is -0.139. The second-order valence-corrected chi connectivity index (χ2v) is 4.36. The molecule has 0 aromatic carbocycles. The summed E-state index contributed by atoms with van der Waals surface area (Å²) in [7, 11) is 0. The zero-order valence-electron chi connectivity index (χ0n) is 9.18. The first-order valence-corrected chi connectivity index (χ1v) is 5.61. The summed E-state index contributed by atoms with van der Waals surface area (Å²) in [6.07, 6.45) is 5.66. The summed E-state index contributed by atoms with van der Waals surface area (Å²) < 4.78 is 0. The lowest BCUT2D eigenvalue weighted by Crippen LogP contribution is -2.55. The molecule has 0 atom stereocenters. The highest BCUT2D eigenvalue weighted by Crippen LogP contribution is 2.35. The topological polar surface area (TPSA) is 49.3 Å². The summed E-state index contributed by atoms with van der Waals surface area (Å²) in [5.74, 6) is -0.678. The first kappa shape index (κ1) is 11.5. The molecule has 1 aliphatic rings. The first-order chi connectivity index (χ1) is 6.62. The van der Waals surface area contributed by atoms with Gasteiger partial charge in [-0.15, -0.1) is 0 Å². The lowest BCUT2D eigenvalue weighted by atomic mass is 9.73. The van der Waals surface area contributed by atoms with Gasteiger partial charge < -0.3 is 10.4 Å². The van der Waals surface area contributed by atoms with Gasteiger partial charge in [-0.05, 0) is 32.1 Å². The van der Waals surface area contributed by atoms with Gasteiger partial charge in [0.2, 0.25) is 0 Å². The van der Waals surface area contributed by atoms with E-state index in [2.05, 4.69) is 19.2 Å². The van der Waals surface area contributed by atoms with Gasteiger partial charge in [-0.25, -0.2) is 0 Å². The Morgan fingerprint density at radius 3 is 2.29 bits per heavy atom. The molecule has 3 heteroatoms. The summed E-state index contributed by atoms with van der Waals surface area (Å²) in [5, 5.41) is 12.3. The highest BCUT2D eigenvalue weighted by atomic mass is 16.4. The smallest absolute Gasteiger partial charge is 0.305 e. The van der Waals surface area contributed by atoms with Crippen molar-refractivity contribution in [2.75, 3.05) is 0 Å². The van der Waals surface area contributed by atoms with E-state index in [1.807, 2.05) is 0 Å². The van der Waals surface area contributed by atoms with E-state index in [-0.39, 0.29) is 12.0 Å². The minimum atomic E-state index is -0.678. The van der Waals surface area contributed by atoms with Crippen molar-refractivity contribution in [2.45, 2.75) is 64.0 Å². The van der Waals surface area contributed by atoms with Crippen LogP contribution in [-0.2, 0) is 4.79 Å². The van der Waals surface area contributed by atoms with Crippen LogP contribution in [0.25, 0.3) is 0 Å². The van der Waals surface area contributed by atoms with Crippen molar-refractivity contribution >= 4 is 5.97 Å². The van der Waals surface area contributed by atoms with Crippen LogP contribution >= 0.6 is 0 Å². The average Bonchev–Trinajstić information content (AvgIpc) is 2.09. The summed E-state index contributed by atoms with van der Waals surface area (Å²) in [6.45, 7) is 4.29. The van der Waals surface area contributed by atoms with Crippen LogP contribution in [0.3, 0.4) is 0 Å². The van der Waals surface area contributed by atoms with E-state index >= 15 is 0 Å². The third-order valence-electron chi connectivity index (χ3n) is 3.30. The molecule has 1 fully saturated rings. The Kier molecular flexibility index (Phi) is 3.93. The number of nitrogens with one attached hydrogen (secondary N) is 1. The van der Waals surface area contributed by atoms with E-state index < -0.39 is 5.97 Å². The molecule has 14 heavy (non-hydrogen) atoms. The molecule has 0 radical (unpaired) electrons. The molecule has 0 amide bonds. The molecule has 0 heterocycles. The number of carboxylic acids is 1. The lowest BCUT2D eigenvalue weighted by Gasteiger charge is -2.44. The highest BCUT2D eigenvalue weighted by Gasteiger charge is 2.39. The van der Waals surface area contributed by atoms with Crippen molar-refractivity contribution in [2.24, 2.45) is 0 Å². The number of rotatable bonds is 6. The Morgan fingerprint density at radius 2 is 2.00 bits per heavy atom. The van der Waals surface area contributed by atoms with Gasteiger partial charge in [0, 0.05) is 11.6 Å². The molecule has 0 aromatic heterocycles. The molecule has 0 aliphatic heterocycles. The molecule has 0 saturated heterocycles. The SMILES string of the molecule is CCC(CC)NC1(CC(=O)O)CCC1. The van der Waals surface area contributed by atoms with E-state index in [0.717, 1.165) is 25.7 Å². The maximum Gasteiger partial charge on any atom is 0.305 e. The maximum absolute atomic E-state index is 10.7. The molecule has 2 N–H and O–H groups in total. The molecular weight excluding hydrogens is 178 g/mol. The molecule has 1 aliphatic carbocycles. The molecule has 0 unspecified atom stereocenters. The van der Waals surface area contributed by atoms with Crippen LogP contribution < -0.4 is 5.32 Å². The van der Waals surface area contributed by atoms with Crippen molar-refractivity contribution in [1.29, 1.82) is 0 Å². The van der Waals surface area contributed by atoms with E-state index in [1.54, 1.807) is 0 Å². The molecular formula is C11H21NO2. The second kappa shape index (κ2) is 4.78. The number of carbonyl (C=O) groups is 1. The van der Waals surface area contributed by atoms with Crippen LogP contribution in [-0.4, -0.2) is 22.7 Å². The molecule has 0 bridgehead atoms. The fourth-order valence-electron chi connectivity index (χ4n) is 2.19. The molecule has 0 spiro atoms. The summed E-state index contributed by atoms with van der Waals surface area (Å²) in [5.41, 5.74) is -0.0808. The van der Waals surface area contributed by atoms with Crippen LogP contribution in [0, 0.1) is 0 Å².